The average Bonchev–Trinajstić information content (AvgIpc) is 2.69. The van der Waals surface area contributed by atoms with Crippen molar-refractivity contribution < 1.29 is 0 Å². The minimum Gasteiger partial charge on any atom is -0.327 e. The number of likely N-dealkylation sites (tertiary alicyclic amines) is 1. The minimum absolute atomic E-state index is 0. The molecule has 6 heteroatoms. The number of hydrogen-bond acceptors (Lipinski definition) is 4. The number of piperidine rings is 1. The number of aromatic nitrogens is 3. The number of rotatable bonds is 3. The van der Waals surface area contributed by atoms with E-state index >= 15 is 0 Å². The van der Waals surface area contributed by atoms with E-state index in [1.54, 1.807) is 12.7 Å². The van der Waals surface area contributed by atoms with Crippen LogP contribution in [0.25, 0.3) is 0 Å². The second-order valence-electron chi connectivity index (χ2n) is 4.41. The first-order valence-electron chi connectivity index (χ1n) is 5.58. The van der Waals surface area contributed by atoms with Gasteiger partial charge in [0.1, 0.15) is 12.7 Å². The molecule has 1 aliphatic heterocycles. The van der Waals surface area contributed by atoms with Gasteiger partial charge >= 0.3 is 0 Å². The number of hydrogen-bond donors (Lipinski definition) is 1. The lowest BCUT2D eigenvalue weighted by Gasteiger charge is -2.33. The lowest BCUT2D eigenvalue weighted by Crippen LogP contribution is -2.42. The first-order chi connectivity index (χ1) is 7.25. The summed E-state index contributed by atoms with van der Waals surface area (Å²) in [6, 6.07) is 0.722. The molecule has 0 bridgehead atoms. The van der Waals surface area contributed by atoms with E-state index in [4.69, 9.17) is 5.73 Å². The summed E-state index contributed by atoms with van der Waals surface area (Å²) < 4.78 is 1.97. The summed E-state index contributed by atoms with van der Waals surface area (Å²) in [4.78, 5) is 6.41. The molecule has 0 amide bonds. The molecule has 1 saturated heterocycles. The monoisotopic (exact) mass is 245 g/mol. The predicted molar refractivity (Wildman–Crippen MR) is 65.6 cm³/mol. The van der Waals surface area contributed by atoms with Crippen LogP contribution in [0, 0.1) is 0 Å². The van der Waals surface area contributed by atoms with Gasteiger partial charge in [0.2, 0.25) is 0 Å². The maximum Gasteiger partial charge on any atom is 0.137 e. The van der Waals surface area contributed by atoms with E-state index in [0.29, 0.717) is 6.04 Å². The molecule has 2 heterocycles. The number of nitrogens with two attached hydrogens (primary N) is 1. The van der Waals surface area contributed by atoms with Gasteiger partial charge < -0.3 is 5.73 Å². The fourth-order valence-corrected chi connectivity index (χ4v) is 2.23. The van der Waals surface area contributed by atoms with E-state index in [0.717, 1.165) is 19.6 Å². The highest BCUT2D eigenvalue weighted by molar-refractivity contribution is 5.85. The molecule has 2 atom stereocenters. The topological polar surface area (TPSA) is 60.0 Å². The van der Waals surface area contributed by atoms with Crippen LogP contribution in [0.5, 0.6) is 0 Å². The molecule has 0 radical (unpaired) electrons. The number of halogens is 1. The average molecular weight is 246 g/mol. The van der Waals surface area contributed by atoms with Crippen LogP contribution < -0.4 is 5.73 Å². The molecular formula is C10H20ClN5. The molecule has 1 fully saturated rings. The van der Waals surface area contributed by atoms with Crippen LogP contribution in [0.3, 0.4) is 0 Å². The zero-order valence-corrected chi connectivity index (χ0v) is 10.4. The van der Waals surface area contributed by atoms with Gasteiger partial charge in [0.05, 0.1) is 6.04 Å². The van der Waals surface area contributed by atoms with Crippen molar-refractivity contribution in [2.24, 2.45) is 5.73 Å². The van der Waals surface area contributed by atoms with Crippen LogP contribution in [0.4, 0.5) is 0 Å². The largest absolute Gasteiger partial charge is 0.327 e. The lowest BCUT2D eigenvalue weighted by molar-refractivity contribution is 0.164. The van der Waals surface area contributed by atoms with E-state index in [-0.39, 0.29) is 18.4 Å². The third-order valence-electron chi connectivity index (χ3n) is 2.84. The Morgan fingerprint density at radius 1 is 1.56 bits per heavy atom. The molecule has 92 valence electrons. The standard InChI is InChI=1S/C10H19N5.ClH/c1-9(11)5-14-4-2-3-10(6-14)15-8-12-7-13-15;/h7-10H,2-6,11H2,1H3;1H. The van der Waals surface area contributed by atoms with Crippen molar-refractivity contribution in [1.29, 1.82) is 0 Å². The molecule has 0 saturated carbocycles. The molecule has 0 aromatic carbocycles. The van der Waals surface area contributed by atoms with Crippen molar-refractivity contribution in [3.05, 3.63) is 12.7 Å². The van der Waals surface area contributed by atoms with Gasteiger partial charge in [0, 0.05) is 19.1 Å². The molecule has 0 aliphatic carbocycles. The Kier molecular flexibility index (Phi) is 5.18. The lowest BCUT2D eigenvalue weighted by atomic mass is 10.1. The Hall–Kier alpha value is -0.650. The molecule has 2 rings (SSSR count). The van der Waals surface area contributed by atoms with E-state index in [9.17, 15) is 0 Å². The van der Waals surface area contributed by atoms with Crippen LogP contribution >= 0.6 is 12.4 Å². The molecule has 2 N–H and O–H groups in total. The van der Waals surface area contributed by atoms with Gasteiger partial charge in [0.15, 0.2) is 0 Å². The highest BCUT2D eigenvalue weighted by Crippen LogP contribution is 2.19. The molecule has 0 spiro atoms. The van der Waals surface area contributed by atoms with Crippen molar-refractivity contribution >= 4 is 12.4 Å². The van der Waals surface area contributed by atoms with Crippen LogP contribution in [0.15, 0.2) is 12.7 Å². The predicted octanol–water partition coefficient (Wildman–Crippen LogP) is 0.684. The Balaban J connectivity index is 0.00000128. The van der Waals surface area contributed by atoms with Gasteiger partial charge in [0.25, 0.3) is 0 Å². The van der Waals surface area contributed by atoms with Crippen molar-refractivity contribution in [3.8, 4) is 0 Å². The van der Waals surface area contributed by atoms with E-state index in [1.807, 2.05) is 4.68 Å². The van der Waals surface area contributed by atoms with Gasteiger partial charge in [-0.15, -0.1) is 12.4 Å². The molecule has 16 heavy (non-hydrogen) atoms. The van der Waals surface area contributed by atoms with Crippen LogP contribution in [-0.2, 0) is 0 Å². The van der Waals surface area contributed by atoms with Gasteiger partial charge in [-0.25, -0.2) is 9.67 Å². The van der Waals surface area contributed by atoms with Crippen molar-refractivity contribution in [1.82, 2.24) is 19.7 Å². The minimum atomic E-state index is 0. The first-order valence-corrected chi connectivity index (χ1v) is 5.58. The van der Waals surface area contributed by atoms with Gasteiger partial charge in [-0.2, -0.15) is 5.10 Å². The maximum absolute atomic E-state index is 5.81. The van der Waals surface area contributed by atoms with Gasteiger partial charge in [-0.05, 0) is 26.3 Å². The first kappa shape index (κ1) is 13.4. The Morgan fingerprint density at radius 3 is 3.00 bits per heavy atom. The summed E-state index contributed by atoms with van der Waals surface area (Å²) in [6.45, 7) is 5.24. The normalized spacial score (nSPS) is 23.8. The maximum atomic E-state index is 5.81. The van der Waals surface area contributed by atoms with Crippen LogP contribution in [-0.4, -0.2) is 45.3 Å². The molecular weight excluding hydrogens is 226 g/mol. The van der Waals surface area contributed by atoms with Crippen LogP contribution in [0.2, 0.25) is 0 Å². The second kappa shape index (κ2) is 6.18. The van der Waals surface area contributed by atoms with Crippen molar-refractivity contribution in [3.63, 3.8) is 0 Å². The van der Waals surface area contributed by atoms with Crippen LogP contribution in [0.1, 0.15) is 25.8 Å². The van der Waals surface area contributed by atoms with Crippen molar-refractivity contribution in [2.45, 2.75) is 31.8 Å². The molecule has 1 aromatic rings. The quantitative estimate of drug-likeness (QED) is 0.851. The highest BCUT2D eigenvalue weighted by Gasteiger charge is 2.21. The van der Waals surface area contributed by atoms with E-state index in [1.165, 1.54) is 12.8 Å². The third-order valence-corrected chi connectivity index (χ3v) is 2.84. The second-order valence-corrected chi connectivity index (χ2v) is 4.41. The highest BCUT2D eigenvalue weighted by atomic mass is 35.5. The smallest absolute Gasteiger partial charge is 0.137 e. The summed E-state index contributed by atoms with van der Waals surface area (Å²) in [5, 5.41) is 4.20. The number of nitrogens with zero attached hydrogens (tertiary/aromatic N) is 4. The fourth-order valence-electron chi connectivity index (χ4n) is 2.23. The summed E-state index contributed by atoms with van der Waals surface area (Å²) in [5.74, 6) is 0. The summed E-state index contributed by atoms with van der Waals surface area (Å²) in [7, 11) is 0. The van der Waals surface area contributed by atoms with E-state index < -0.39 is 0 Å². The Bertz CT molecular complexity index is 287. The molecule has 1 aliphatic rings. The SMILES string of the molecule is CC(N)CN1CCCC(n2cncn2)C1.Cl. The van der Waals surface area contributed by atoms with Gasteiger partial charge in [-0.3, -0.25) is 4.90 Å². The molecule has 2 unspecified atom stereocenters. The van der Waals surface area contributed by atoms with E-state index in [2.05, 4.69) is 21.9 Å². The summed E-state index contributed by atoms with van der Waals surface area (Å²) in [6.07, 6.45) is 5.82. The summed E-state index contributed by atoms with van der Waals surface area (Å²) in [5.41, 5.74) is 5.81. The zero-order chi connectivity index (χ0) is 10.7. The molecule has 5 nitrogen and oxygen atoms in total. The van der Waals surface area contributed by atoms with Gasteiger partial charge in [-0.1, -0.05) is 0 Å². The van der Waals surface area contributed by atoms with Crippen molar-refractivity contribution in [2.75, 3.05) is 19.6 Å². The fraction of sp³-hybridized carbons (Fsp3) is 0.800. The molecule has 1 aromatic heterocycles. The summed E-state index contributed by atoms with van der Waals surface area (Å²) >= 11 is 0. The third kappa shape index (κ3) is 3.43. The zero-order valence-electron chi connectivity index (χ0n) is 9.62. The Morgan fingerprint density at radius 2 is 2.38 bits per heavy atom. The Labute approximate surface area is 102 Å².